The topological polar surface area (TPSA) is 36.7 Å². The van der Waals surface area contributed by atoms with Crippen LogP contribution in [0.15, 0.2) is 47.3 Å². The van der Waals surface area contributed by atoms with Crippen molar-refractivity contribution in [3.63, 3.8) is 0 Å². The van der Waals surface area contributed by atoms with Crippen LogP contribution < -0.4 is 0 Å². The molecule has 0 spiro atoms. The highest BCUT2D eigenvalue weighted by molar-refractivity contribution is 5.95. The van der Waals surface area contributed by atoms with Gasteiger partial charge in [-0.15, -0.1) is 0 Å². The molecule has 1 amide bonds. The summed E-state index contributed by atoms with van der Waals surface area (Å²) >= 11 is 0. The number of nitrogens with zero attached hydrogens (tertiary/aromatic N) is 2. The van der Waals surface area contributed by atoms with Crippen LogP contribution in [-0.4, -0.2) is 47.4 Å². The number of amides is 1. The molecule has 1 atom stereocenters. The minimum atomic E-state index is 0.151. The molecule has 0 N–H and O–H groups in total. The summed E-state index contributed by atoms with van der Waals surface area (Å²) in [4.78, 5) is 17.6. The summed E-state index contributed by atoms with van der Waals surface area (Å²) in [5.74, 6) is 0.151. The fraction of sp³-hybridized carbons (Fsp3) is 0.476. The lowest BCUT2D eigenvalue weighted by molar-refractivity contribution is 0.0611. The van der Waals surface area contributed by atoms with Crippen LogP contribution in [-0.2, 0) is 0 Å². The Morgan fingerprint density at radius 1 is 1.08 bits per heavy atom. The van der Waals surface area contributed by atoms with Gasteiger partial charge in [0.25, 0.3) is 5.91 Å². The van der Waals surface area contributed by atoms with Crippen LogP contribution in [0.3, 0.4) is 0 Å². The zero-order chi connectivity index (χ0) is 17.2. The van der Waals surface area contributed by atoms with Gasteiger partial charge in [-0.2, -0.15) is 0 Å². The Kier molecular flexibility index (Phi) is 4.62. The first-order chi connectivity index (χ1) is 12.2. The third-order valence-corrected chi connectivity index (χ3v) is 5.79. The Morgan fingerprint density at radius 3 is 2.60 bits per heavy atom. The van der Waals surface area contributed by atoms with Gasteiger partial charge >= 0.3 is 0 Å². The van der Waals surface area contributed by atoms with Crippen LogP contribution in [0, 0.1) is 0 Å². The molecule has 1 aromatic carbocycles. The number of carbonyl (C=O) groups excluding carboxylic acids is 1. The zero-order valence-corrected chi connectivity index (χ0v) is 14.9. The first-order valence-corrected chi connectivity index (χ1v) is 9.40. The van der Waals surface area contributed by atoms with Crippen molar-refractivity contribution in [2.24, 2.45) is 0 Å². The predicted molar refractivity (Wildman–Crippen MR) is 98.5 cm³/mol. The highest BCUT2D eigenvalue weighted by Crippen LogP contribution is 2.27. The molecule has 2 aliphatic rings. The van der Waals surface area contributed by atoms with E-state index >= 15 is 0 Å². The van der Waals surface area contributed by atoms with E-state index in [-0.39, 0.29) is 5.91 Å². The van der Waals surface area contributed by atoms with Gasteiger partial charge in [0.2, 0.25) is 0 Å². The van der Waals surface area contributed by atoms with Gasteiger partial charge in [-0.1, -0.05) is 12.1 Å². The molecule has 4 rings (SSSR count). The number of hydrogen-bond donors (Lipinski definition) is 0. The van der Waals surface area contributed by atoms with Gasteiger partial charge in [-0.05, 0) is 62.9 Å². The molecule has 0 aliphatic carbocycles. The van der Waals surface area contributed by atoms with E-state index in [0.717, 1.165) is 42.6 Å². The number of likely N-dealkylation sites (tertiary alicyclic amines) is 2. The highest BCUT2D eigenvalue weighted by Gasteiger charge is 2.31. The smallest absolute Gasteiger partial charge is 0.253 e. The average Bonchev–Trinajstić information content (AvgIpc) is 3.33. The van der Waals surface area contributed by atoms with E-state index in [0.29, 0.717) is 12.1 Å². The van der Waals surface area contributed by atoms with Crippen LogP contribution in [0.2, 0.25) is 0 Å². The summed E-state index contributed by atoms with van der Waals surface area (Å²) in [5.41, 5.74) is 2.81. The number of carbonyl (C=O) groups is 1. The summed E-state index contributed by atoms with van der Waals surface area (Å²) in [6.45, 7) is 5.30. The van der Waals surface area contributed by atoms with Crippen LogP contribution in [0.1, 0.15) is 43.0 Å². The van der Waals surface area contributed by atoms with Gasteiger partial charge in [-0.3, -0.25) is 9.69 Å². The second-order valence-corrected chi connectivity index (χ2v) is 7.35. The van der Waals surface area contributed by atoms with E-state index in [2.05, 4.69) is 11.8 Å². The third-order valence-electron chi connectivity index (χ3n) is 5.79. The molecular weight excluding hydrogens is 312 g/mol. The van der Waals surface area contributed by atoms with Crippen molar-refractivity contribution in [2.45, 2.75) is 44.7 Å². The quantitative estimate of drug-likeness (QED) is 0.848. The van der Waals surface area contributed by atoms with E-state index in [1.807, 2.05) is 35.2 Å². The van der Waals surface area contributed by atoms with Crippen LogP contribution in [0.4, 0.5) is 0 Å². The number of benzene rings is 1. The number of piperidine rings is 1. The Hall–Kier alpha value is -2.07. The molecule has 4 heteroatoms. The lowest BCUT2D eigenvalue weighted by Gasteiger charge is -2.38. The third kappa shape index (κ3) is 3.36. The van der Waals surface area contributed by atoms with E-state index < -0.39 is 0 Å². The summed E-state index contributed by atoms with van der Waals surface area (Å²) < 4.78 is 5.15. The van der Waals surface area contributed by atoms with E-state index in [1.54, 1.807) is 12.5 Å². The Balaban J connectivity index is 1.41. The molecule has 0 saturated carbocycles. The molecule has 3 heterocycles. The molecule has 4 nitrogen and oxygen atoms in total. The first-order valence-electron chi connectivity index (χ1n) is 9.40. The Morgan fingerprint density at radius 2 is 1.92 bits per heavy atom. The van der Waals surface area contributed by atoms with Gasteiger partial charge in [0.1, 0.15) is 0 Å². The SMILES string of the molecule is C[C@H]1CCCN1C1CCN(C(=O)c2cccc(-c3ccoc3)c2)CC1. The van der Waals surface area contributed by atoms with Crippen molar-refractivity contribution < 1.29 is 9.21 Å². The fourth-order valence-corrected chi connectivity index (χ4v) is 4.34. The summed E-state index contributed by atoms with van der Waals surface area (Å²) in [5, 5.41) is 0. The summed E-state index contributed by atoms with van der Waals surface area (Å²) in [6, 6.07) is 11.1. The van der Waals surface area contributed by atoms with E-state index in [4.69, 9.17) is 4.42 Å². The van der Waals surface area contributed by atoms with Crippen molar-refractivity contribution in [1.82, 2.24) is 9.80 Å². The Bertz CT molecular complexity index is 717. The van der Waals surface area contributed by atoms with Crippen LogP contribution in [0.5, 0.6) is 0 Å². The molecule has 0 unspecified atom stereocenters. The maximum Gasteiger partial charge on any atom is 0.253 e. The second-order valence-electron chi connectivity index (χ2n) is 7.35. The van der Waals surface area contributed by atoms with Crippen molar-refractivity contribution in [2.75, 3.05) is 19.6 Å². The zero-order valence-electron chi connectivity index (χ0n) is 14.9. The molecule has 2 aromatic rings. The van der Waals surface area contributed by atoms with Gasteiger partial charge in [-0.25, -0.2) is 0 Å². The van der Waals surface area contributed by atoms with Crippen molar-refractivity contribution >= 4 is 5.91 Å². The largest absolute Gasteiger partial charge is 0.472 e. The van der Waals surface area contributed by atoms with Gasteiger partial charge in [0, 0.05) is 36.3 Å². The molecule has 2 saturated heterocycles. The first kappa shape index (κ1) is 16.4. The van der Waals surface area contributed by atoms with Gasteiger partial charge < -0.3 is 9.32 Å². The lowest BCUT2D eigenvalue weighted by Crippen LogP contribution is -2.47. The van der Waals surface area contributed by atoms with E-state index in [9.17, 15) is 4.79 Å². The van der Waals surface area contributed by atoms with Gasteiger partial charge in [0.15, 0.2) is 0 Å². The minimum absolute atomic E-state index is 0.151. The molecule has 1 aromatic heterocycles. The normalized spacial score (nSPS) is 22.4. The lowest BCUT2D eigenvalue weighted by atomic mass is 10.0. The highest BCUT2D eigenvalue weighted by atomic mass is 16.3. The van der Waals surface area contributed by atoms with Crippen LogP contribution >= 0.6 is 0 Å². The summed E-state index contributed by atoms with van der Waals surface area (Å²) in [6.07, 6.45) is 8.20. The maximum absolute atomic E-state index is 12.9. The Labute approximate surface area is 149 Å². The molecule has 132 valence electrons. The monoisotopic (exact) mass is 338 g/mol. The average molecular weight is 338 g/mol. The predicted octanol–water partition coefficient (Wildman–Crippen LogP) is 4.04. The molecule has 25 heavy (non-hydrogen) atoms. The van der Waals surface area contributed by atoms with Gasteiger partial charge in [0.05, 0.1) is 12.5 Å². The van der Waals surface area contributed by atoms with Crippen molar-refractivity contribution in [3.8, 4) is 11.1 Å². The summed E-state index contributed by atoms with van der Waals surface area (Å²) in [7, 11) is 0. The number of furan rings is 1. The number of hydrogen-bond acceptors (Lipinski definition) is 3. The second kappa shape index (κ2) is 7.04. The molecule has 0 bridgehead atoms. The molecular formula is C21H26N2O2. The number of rotatable bonds is 3. The molecule has 2 aliphatic heterocycles. The van der Waals surface area contributed by atoms with Crippen molar-refractivity contribution in [3.05, 3.63) is 48.4 Å². The van der Waals surface area contributed by atoms with Crippen molar-refractivity contribution in [1.29, 1.82) is 0 Å². The van der Waals surface area contributed by atoms with Crippen LogP contribution in [0.25, 0.3) is 11.1 Å². The van der Waals surface area contributed by atoms with E-state index in [1.165, 1.54) is 19.4 Å². The minimum Gasteiger partial charge on any atom is -0.472 e. The standard InChI is InChI=1S/C21H26N2O2/c1-16-4-3-10-23(16)20-7-11-22(12-8-20)21(24)18-6-2-5-17(14-18)19-9-13-25-15-19/h2,5-6,9,13-16,20H,3-4,7-8,10-12H2,1H3/t16-/m0/s1. The maximum atomic E-state index is 12.9. The molecule has 0 radical (unpaired) electrons. The fourth-order valence-electron chi connectivity index (χ4n) is 4.34. The molecule has 2 fully saturated rings.